The monoisotopic (exact) mass is 294 g/mol. The van der Waals surface area contributed by atoms with Gasteiger partial charge < -0.3 is 15.1 Å². The fourth-order valence-electron chi connectivity index (χ4n) is 1.99. The molecule has 0 saturated heterocycles. The molecule has 0 aliphatic carbocycles. The van der Waals surface area contributed by atoms with E-state index in [1.807, 2.05) is 25.9 Å². The van der Waals surface area contributed by atoms with Crippen LogP contribution in [0.25, 0.3) is 0 Å². The Hall–Kier alpha value is -1.59. The molecule has 0 bridgehead atoms. The van der Waals surface area contributed by atoms with E-state index < -0.39 is 0 Å². The number of nitrogens with one attached hydrogen (secondary N) is 1. The Labute approximate surface area is 129 Å². The molecule has 21 heavy (non-hydrogen) atoms. The lowest BCUT2D eigenvalue weighted by atomic mass is 10.2. The minimum Gasteiger partial charge on any atom is -0.354 e. The fourth-order valence-corrected chi connectivity index (χ4v) is 1.99. The van der Waals surface area contributed by atoms with Gasteiger partial charge in [-0.25, -0.2) is 0 Å². The Kier molecular flexibility index (Phi) is 7.19. The third kappa shape index (κ3) is 5.02. The van der Waals surface area contributed by atoms with Gasteiger partial charge in [-0.15, -0.1) is 0 Å². The maximum Gasteiger partial charge on any atom is 0.232 e. The minimum absolute atomic E-state index is 0.420. The second kappa shape index (κ2) is 8.64. The van der Waals surface area contributed by atoms with Crippen LogP contribution < -0.4 is 15.1 Å². The van der Waals surface area contributed by atoms with Gasteiger partial charge in [0.2, 0.25) is 17.8 Å². The van der Waals surface area contributed by atoms with E-state index in [0.29, 0.717) is 17.9 Å². The first kappa shape index (κ1) is 17.5. The zero-order valence-corrected chi connectivity index (χ0v) is 14.3. The van der Waals surface area contributed by atoms with E-state index in [2.05, 4.69) is 45.9 Å². The molecule has 6 nitrogen and oxygen atoms in total. The van der Waals surface area contributed by atoms with Gasteiger partial charge >= 0.3 is 0 Å². The van der Waals surface area contributed by atoms with Gasteiger partial charge in [0, 0.05) is 33.2 Å². The molecule has 0 aromatic carbocycles. The number of rotatable bonds is 9. The van der Waals surface area contributed by atoms with Gasteiger partial charge in [-0.2, -0.15) is 15.0 Å². The summed E-state index contributed by atoms with van der Waals surface area (Å²) in [5, 5.41) is 3.20. The van der Waals surface area contributed by atoms with Gasteiger partial charge in [0.1, 0.15) is 0 Å². The Morgan fingerprint density at radius 1 is 1.05 bits per heavy atom. The number of hydrogen-bond acceptors (Lipinski definition) is 6. The van der Waals surface area contributed by atoms with Gasteiger partial charge in [-0.1, -0.05) is 20.3 Å². The highest BCUT2D eigenvalue weighted by Gasteiger charge is 2.18. The second-order valence-corrected chi connectivity index (χ2v) is 5.49. The largest absolute Gasteiger partial charge is 0.354 e. The van der Waals surface area contributed by atoms with Crippen LogP contribution in [0, 0.1) is 0 Å². The molecule has 1 aromatic heterocycles. The van der Waals surface area contributed by atoms with E-state index in [-0.39, 0.29) is 0 Å². The third-order valence-electron chi connectivity index (χ3n) is 3.48. The molecule has 1 unspecified atom stereocenters. The van der Waals surface area contributed by atoms with Crippen molar-refractivity contribution in [1.82, 2.24) is 15.0 Å². The van der Waals surface area contributed by atoms with Crippen molar-refractivity contribution in [3.8, 4) is 0 Å². The van der Waals surface area contributed by atoms with Crippen LogP contribution >= 0.6 is 0 Å². The first-order chi connectivity index (χ1) is 10.0. The van der Waals surface area contributed by atoms with Gasteiger partial charge in [0.25, 0.3) is 0 Å². The molecule has 6 heteroatoms. The van der Waals surface area contributed by atoms with Crippen LogP contribution in [-0.4, -0.2) is 48.2 Å². The molecular formula is C15H30N6. The second-order valence-electron chi connectivity index (χ2n) is 5.49. The SMILES string of the molecule is CCCCN(c1nc(NCC)nc(N(C)C)n1)C(C)CC. The van der Waals surface area contributed by atoms with Crippen LogP contribution in [-0.2, 0) is 0 Å². The van der Waals surface area contributed by atoms with E-state index >= 15 is 0 Å². The molecule has 0 fully saturated rings. The lowest BCUT2D eigenvalue weighted by Crippen LogP contribution is -2.35. The van der Waals surface area contributed by atoms with Crippen molar-refractivity contribution in [2.45, 2.75) is 53.0 Å². The molecule has 0 aliphatic rings. The Balaban J connectivity index is 3.14. The van der Waals surface area contributed by atoms with Crippen molar-refractivity contribution in [2.24, 2.45) is 0 Å². The molecule has 1 N–H and O–H groups in total. The highest BCUT2D eigenvalue weighted by molar-refractivity contribution is 5.45. The minimum atomic E-state index is 0.420. The predicted molar refractivity (Wildman–Crippen MR) is 90.3 cm³/mol. The summed E-state index contributed by atoms with van der Waals surface area (Å²) in [6.07, 6.45) is 3.38. The van der Waals surface area contributed by atoms with Gasteiger partial charge in [0.15, 0.2) is 0 Å². The first-order valence-electron chi connectivity index (χ1n) is 7.97. The van der Waals surface area contributed by atoms with Crippen molar-refractivity contribution in [1.29, 1.82) is 0 Å². The maximum atomic E-state index is 4.63. The standard InChI is InChI=1S/C15H30N6/c1-7-10-11-21(12(4)8-2)15-18-13(16-9-3)17-14(19-15)20(5)6/h12H,7-11H2,1-6H3,(H,16,17,18,19). The number of anilines is 3. The highest BCUT2D eigenvalue weighted by Crippen LogP contribution is 2.19. The Bertz CT molecular complexity index is 421. The van der Waals surface area contributed by atoms with Crippen LogP contribution in [0.3, 0.4) is 0 Å². The lowest BCUT2D eigenvalue weighted by Gasteiger charge is -2.29. The van der Waals surface area contributed by atoms with Gasteiger partial charge in [0.05, 0.1) is 0 Å². The average Bonchev–Trinajstić information content (AvgIpc) is 2.47. The van der Waals surface area contributed by atoms with Crippen molar-refractivity contribution < 1.29 is 0 Å². The summed E-state index contributed by atoms with van der Waals surface area (Å²) in [5.74, 6) is 2.12. The number of hydrogen-bond donors (Lipinski definition) is 1. The molecule has 1 aromatic rings. The van der Waals surface area contributed by atoms with E-state index in [4.69, 9.17) is 0 Å². The van der Waals surface area contributed by atoms with E-state index in [0.717, 1.165) is 31.9 Å². The summed E-state index contributed by atoms with van der Waals surface area (Å²) in [6.45, 7) is 10.5. The van der Waals surface area contributed by atoms with Gasteiger partial charge in [-0.05, 0) is 26.7 Å². The molecule has 0 saturated carbocycles. The summed E-state index contributed by atoms with van der Waals surface area (Å²) in [6, 6.07) is 0.420. The molecule has 120 valence electrons. The number of nitrogens with zero attached hydrogens (tertiary/aromatic N) is 5. The summed E-state index contributed by atoms with van der Waals surface area (Å²) >= 11 is 0. The zero-order chi connectivity index (χ0) is 15.8. The van der Waals surface area contributed by atoms with Crippen LogP contribution in [0.4, 0.5) is 17.8 Å². The predicted octanol–water partition coefficient (Wildman–Crippen LogP) is 2.77. The molecule has 0 aliphatic heterocycles. The third-order valence-corrected chi connectivity index (χ3v) is 3.48. The van der Waals surface area contributed by atoms with E-state index in [9.17, 15) is 0 Å². The van der Waals surface area contributed by atoms with Gasteiger partial charge in [-0.3, -0.25) is 0 Å². The summed E-state index contributed by atoms with van der Waals surface area (Å²) in [4.78, 5) is 17.9. The van der Waals surface area contributed by atoms with E-state index in [1.54, 1.807) is 0 Å². The van der Waals surface area contributed by atoms with E-state index in [1.165, 1.54) is 6.42 Å². The normalized spacial score (nSPS) is 12.1. The van der Waals surface area contributed by atoms with Crippen LogP contribution in [0.5, 0.6) is 0 Å². The van der Waals surface area contributed by atoms with Crippen LogP contribution in [0.2, 0.25) is 0 Å². The quantitative estimate of drug-likeness (QED) is 0.756. The van der Waals surface area contributed by atoms with Crippen LogP contribution in [0.15, 0.2) is 0 Å². The number of unbranched alkanes of at least 4 members (excludes halogenated alkanes) is 1. The van der Waals surface area contributed by atoms with Crippen molar-refractivity contribution in [3.63, 3.8) is 0 Å². The Morgan fingerprint density at radius 3 is 2.24 bits per heavy atom. The van der Waals surface area contributed by atoms with Crippen LogP contribution in [0.1, 0.15) is 47.0 Å². The Morgan fingerprint density at radius 2 is 1.71 bits per heavy atom. The molecule has 1 rings (SSSR count). The number of aromatic nitrogens is 3. The summed E-state index contributed by atoms with van der Waals surface area (Å²) < 4.78 is 0. The van der Waals surface area contributed by atoms with Crippen molar-refractivity contribution in [2.75, 3.05) is 42.3 Å². The molecular weight excluding hydrogens is 264 g/mol. The maximum absolute atomic E-state index is 4.63. The summed E-state index contributed by atoms with van der Waals surface area (Å²) in [5.41, 5.74) is 0. The highest BCUT2D eigenvalue weighted by atomic mass is 15.4. The molecule has 1 heterocycles. The molecule has 0 radical (unpaired) electrons. The molecule has 0 spiro atoms. The van der Waals surface area contributed by atoms with Crippen molar-refractivity contribution >= 4 is 17.8 Å². The smallest absolute Gasteiger partial charge is 0.232 e. The van der Waals surface area contributed by atoms with Crippen molar-refractivity contribution in [3.05, 3.63) is 0 Å². The zero-order valence-electron chi connectivity index (χ0n) is 14.3. The lowest BCUT2D eigenvalue weighted by molar-refractivity contribution is 0.581. The molecule has 1 atom stereocenters. The average molecular weight is 294 g/mol. The summed E-state index contributed by atoms with van der Waals surface area (Å²) in [7, 11) is 3.91. The molecule has 0 amide bonds. The first-order valence-corrected chi connectivity index (χ1v) is 7.97. The topological polar surface area (TPSA) is 57.2 Å². The fraction of sp³-hybridized carbons (Fsp3) is 0.800.